The fraction of sp³-hybridized carbons (Fsp3) is 0.229. The number of esters is 4. The second-order valence-electron chi connectivity index (χ2n) is 33.7. The predicted octanol–water partition coefficient (Wildman–Crippen LogP) is 18.3. The molecule has 146 heavy (non-hydrogen) atoms. The minimum absolute atomic E-state index is 0. The number of fused-ring (bicyclic) bond motifs is 8. The number of carbonyl (C=O) groups is 9. The smallest absolute Gasteiger partial charge is 0.305 e. The van der Waals surface area contributed by atoms with Gasteiger partial charge in [0.2, 0.25) is 22.1 Å². The maximum Gasteiger partial charge on any atom is 0.305 e. The molecule has 0 unspecified atom stereocenters. The number of Topliss-reactive ketones (excluding diaryl/α,β-unsaturated/α-hetero) is 2. The second kappa shape index (κ2) is 61.3. The number of methoxy groups -OCH3 is 4. The van der Waals surface area contributed by atoms with Crippen LogP contribution in [-0.2, 0) is 112 Å². The van der Waals surface area contributed by atoms with Crippen LogP contribution in [0.4, 0.5) is 22.7 Å². The summed E-state index contributed by atoms with van der Waals surface area (Å²) in [4.78, 5) is 110. The number of benzene rings is 13. The van der Waals surface area contributed by atoms with E-state index >= 15 is 0 Å². The summed E-state index contributed by atoms with van der Waals surface area (Å²) in [5, 5.41) is 39.3. The van der Waals surface area contributed by atoms with Crippen molar-refractivity contribution < 1.29 is 123 Å². The van der Waals surface area contributed by atoms with E-state index in [2.05, 4.69) is 201 Å². The molecule has 4 aromatic heterocycles. The van der Waals surface area contributed by atoms with Gasteiger partial charge in [-0.1, -0.05) is 180 Å². The third kappa shape index (κ3) is 36.0. The van der Waals surface area contributed by atoms with E-state index in [0.29, 0.717) is 92.5 Å². The summed E-state index contributed by atoms with van der Waals surface area (Å²) in [5.74, 6) is -3.00. The highest BCUT2D eigenvalue weighted by Gasteiger charge is 2.20. The van der Waals surface area contributed by atoms with Gasteiger partial charge in [-0.25, -0.2) is 9.97 Å². The zero-order valence-corrected chi connectivity index (χ0v) is 90.8. The topological polar surface area (TPSA) is 349 Å². The van der Waals surface area contributed by atoms with Crippen LogP contribution in [0.3, 0.4) is 0 Å². The molecular weight excluding hydrogens is 2130 g/mol. The number of rotatable bonds is 25. The number of carboxylic acids is 3. The van der Waals surface area contributed by atoms with E-state index in [1.165, 1.54) is 107 Å². The molecule has 0 saturated heterocycles. The molecule has 0 spiro atoms. The SMILES string of the molecule is CC(=O)c1ccccc1Cl.CI.COC(=O)CCc1ccc(N)cc1.COC(=O)CCc1ccc(Nc2ccccc2C(C)=O)cc1.COC(=O)CCc1ccc2c(c1)c(C)c1ccccc1[n+]2C.COC(=O)CCc1ccc2nc3ccccc3c(C)c2c1.Cc1c2ccccc2[n+](C)c2ccc(CCC(=O)O)cc12.Cc1c2ccccc2nc2ccc(CCC(=O)O)cc12.Cl.Nc1ccc(CCC(=O)O)cc1.[Cl-].[I-]. The number of carboxylic acid groups (broad SMARTS) is 3. The van der Waals surface area contributed by atoms with E-state index in [9.17, 15) is 43.2 Å². The lowest BCUT2D eigenvalue weighted by Crippen LogP contribution is -3.00. The number of aromatic nitrogens is 4. The Morgan fingerprint density at radius 2 is 0.589 bits per heavy atom. The van der Waals surface area contributed by atoms with Gasteiger partial charge in [0.15, 0.2) is 11.6 Å². The largest absolute Gasteiger partial charge is 1.00 e. The summed E-state index contributed by atoms with van der Waals surface area (Å²) in [6.07, 6.45) is 6.55. The second-order valence-corrected chi connectivity index (χ2v) is 34.2. The van der Waals surface area contributed by atoms with Crippen LogP contribution >= 0.6 is 46.6 Å². The molecule has 0 saturated carbocycles. The number of para-hydroxylation sites is 5. The Balaban J connectivity index is 0.000000257. The first-order valence-corrected chi connectivity index (χ1v) is 49.2. The monoisotopic (exact) mass is 2250 g/mol. The van der Waals surface area contributed by atoms with Crippen molar-refractivity contribution in [2.75, 3.05) is 50.2 Å². The summed E-state index contributed by atoms with van der Waals surface area (Å²) in [7, 11) is 9.80. The predicted molar refractivity (Wildman–Crippen MR) is 588 cm³/mol. The molecule has 0 aliphatic rings. The molecule has 17 rings (SSSR count). The van der Waals surface area contributed by atoms with Crippen molar-refractivity contribution in [1.29, 1.82) is 0 Å². The van der Waals surface area contributed by atoms with E-state index in [0.717, 1.165) is 94.2 Å². The van der Waals surface area contributed by atoms with E-state index < -0.39 is 17.9 Å². The molecule has 0 atom stereocenters. The molecule has 13 aromatic carbocycles. The van der Waals surface area contributed by atoms with Crippen LogP contribution in [0, 0.1) is 27.7 Å². The quantitative estimate of drug-likeness (QED) is 0.00452. The number of hydrogen-bond acceptors (Lipinski definition) is 18. The molecule has 23 nitrogen and oxygen atoms in total. The number of pyridine rings is 4. The number of aryl methyl sites for hydroxylation is 13. The standard InChI is InChI=1S/C19H20NO2.C18H19NO3.2C18H17NO2.C17H15NO2.C10H13NO2.C9H11NO2.C8H7ClO.CH3I.2ClH.HI/c1-13-15-6-4-5-7-17(15)20(2)18-10-8-14(12-16(13)18)9-11-19(21)22-3;1-13(20)16-5-3-4-6-17(16)19-15-10-7-14(8-11-15)9-12-18(21)22-2;1-12-14-5-3-4-6-16(14)19-17-9-7-13(11-15(12)17)8-10-18(20)21-2;1-12-14-5-3-4-6-16(14)19(2)17-9-7-13(11-15(12)17)8-10-18(20)21;1-11-13-4-2-3-5-15(13)18-16-8-6-12(10-14(11)16)7-9-17(19)20;1-13-10(12)7-4-8-2-5-9(11)6-3-8;10-8-4-1-7(2-5-8)3-6-9(11)12;1-6(10)7-4-2-3-5-8(7)9;1-2;;;/h4-8,10,12H,9,11H2,1-3H3;3-8,10-11,19H,9,12H2,1-2H3;2*3-7,9,11H,8,10H2,1-2H3;2-6,8,10H,7,9H2,1H3,(H,19,20);2-3,5-6H,4,7,11H2,1H3;1-2,4-5H,3,6,10H2,(H,11,12);2-5H,1H3;1H3;3*1H/q+1;;;;;;;;;;;/p-1. The lowest BCUT2D eigenvalue weighted by molar-refractivity contribution is -0.617. The summed E-state index contributed by atoms with van der Waals surface area (Å²) in [6, 6.07) is 94.9. The Morgan fingerprint density at radius 3 is 0.932 bits per heavy atom. The number of nitrogens with two attached hydrogens (primary N) is 2. The third-order valence-corrected chi connectivity index (χ3v) is 24.4. The zero-order valence-electron chi connectivity index (χ0n) is 84.1. The summed E-state index contributed by atoms with van der Waals surface area (Å²) in [6.45, 7) is 11.6. The van der Waals surface area contributed by atoms with Crippen LogP contribution in [0.15, 0.2) is 291 Å². The summed E-state index contributed by atoms with van der Waals surface area (Å²) >= 11 is 7.85. The highest BCUT2D eigenvalue weighted by Crippen LogP contribution is 2.32. The number of nitrogens with zero attached hydrogens (tertiary/aromatic N) is 4. The van der Waals surface area contributed by atoms with E-state index in [4.69, 9.17) is 48.1 Å². The average Bonchev–Trinajstić information content (AvgIpc) is 0.767. The van der Waals surface area contributed by atoms with Gasteiger partial charge < -0.3 is 87.4 Å². The molecule has 0 radical (unpaired) electrons. The van der Waals surface area contributed by atoms with Crippen molar-refractivity contribution in [3.63, 3.8) is 0 Å². The van der Waals surface area contributed by atoms with Crippen LogP contribution in [0.25, 0.3) is 87.2 Å². The first-order valence-electron chi connectivity index (χ1n) is 46.6. The van der Waals surface area contributed by atoms with Crippen molar-refractivity contribution in [1.82, 2.24) is 9.97 Å². The molecule has 4 heterocycles. The van der Waals surface area contributed by atoms with Crippen LogP contribution in [0.2, 0.25) is 5.02 Å². The normalized spacial score (nSPS) is 10.2. The number of halogens is 5. The Labute approximate surface area is 899 Å². The Morgan fingerprint density at radius 1 is 0.329 bits per heavy atom. The molecule has 28 heteroatoms. The molecule has 0 bridgehead atoms. The van der Waals surface area contributed by atoms with E-state index in [1.54, 1.807) is 49.4 Å². The van der Waals surface area contributed by atoms with Gasteiger partial charge in [0.05, 0.1) is 66.3 Å². The maximum absolute atomic E-state index is 11.6. The van der Waals surface area contributed by atoms with Gasteiger partial charge in [-0.15, -0.1) is 12.4 Å². The number of nitrogen functional groups attached to an aromatic ring is 2. The van der Waals surface area contributed by atoms with Gasteiger partial charge in [0.25, 0.3) is 0 Å². The highest BCUT2D eigenvalue weighted by atomic mass is 127. The van der Waals surface area contributed by atoms with Crippen LogP contribution < -0.4 is 62.3 Å². The van der Waals surface area contributed by atoms with E-state index in [1.807, 2.05) is 151 Å². The van der Waals surface area contributed by atoms with Crippen molar-refractivity contribution in [2.24, 2.45) is 14.1 Å². The molecule has 8 N–H and O–H groups in total. The fourth-order valence-corrected chi connectivity index (χ4v) is 16.3. The number of ether oxygens (including phenoxy) is 4. The fourth-order valence-electron chi connectivity index (χ4n) is 16.1. The minimum atomic E-state index is -0.771. The van der Waals surface area contributed by atoms with Gasteiger partial charge in [0.1, 0.15) is 14.1 Å². The van der Waals surface area contributed by atoms with Gasteiger partial charge >= 0.3 is 41.8 Å². The highest BCUT2D eigenvalue weighted by molar-refractivity contribution is 14.1. The summed E-state index contributed by atoms with van der Waals surface area (Å²) < 4.78 is 23.0. The maximum atomic E-state index is 11.6. The first-order chi connectivity index (χ1) is 68.7. The molecular formula is C118H124Cl3I2N7O16. The number of anilines is 4. The van der Waals surface area contributed by atoms with Crippen molar-refractivity contribution in [3.05, 3.63) is 369 Å². The Bertz CT molecular complexity index is 7360. The number of aliphatic carboxylic acids is 3. The van der Waals surface area contributed by atoms with Crippen molar-refractivity contribution >= 4 is 210 Å². The van der Waals surface area contributed by atoms with Crippen LogP contribution in [-0.4, -0.2) is 112 Å². The summed E-state index contributed by atoms with van der Waals surface area (Å²) in [5.41, 5.74) is 36.7. The zero-order chi connectivity index (χ0) is 104. The van der Waals surface area contributed by atoms with E-state index in [-0.39, 0.29) is 103 Å². The van der Waals surface area contributed by atoms with Gasteiger partial charge in [0, 0.05) is 135 Å². The minimum Gasteiger partial charge on any atom is -1.00 e. The van der Waals surface area contributed by atoms with Gasteiger partial charge in [-0.05, 0) is 274 Å². The number of carbonyl (C=O) groups excluding carboxylic acids is 6. The van der Waals surface area contributed by atoms with Crippen LogP contribution in [0.5, 0.6) is 0 Å². The first kappa shape index (κ1) is 121. The lowest BCUT2D eigenvalue weighted by atomic mass is 10.00. The number of ketones is 2. The molecule has 0 aliphatic heterocycles. The number of hydrogen-bond donors (Lipinski definition) is 6. The molecule has 0 amide bonds. The molecule has 0 fully saturated rings. The molecule has 0 aliphatic carbocycles. The number of alkyl halides is 1. The molecule has 762 valence electrons. The molecule has 17 aromatic rings. The van der Waals surface area contributed by atoms with Gasteiger partial charge in [-0.3, -0.25) is 43.2 Å². The van der Waals surface area contributed by atoms with Crippen molar-refractivity contribution in [3.8, 4) is 0 Å². The Hall–Kier alpha value is -14.1. The lowest BCUT2D eigenvalue weighted by Gasteiger charge is -2.10. The van der Waals surface area contributed by atoms with Crippen LogP contribution in [0.1, 0.15) is 141 Å². The third-order valence-electron chi connectivity index (χ3n) is 24.0. The van der Waals surface area contributed by atoms with Crippen molar-refractivity contribution in [2.45, 2.75) is 131 Å². The van der Waals surface area contributed by atoms with Gasteiger partial charge in [-0.2, -0.15) is 9.13 Å². The number of nitrogens with one attached hydrogen (secondary N) is 1. The Kier molecular flexibility index (Phi) is 50.6. The average molecular weight is 2260 g/mol.